The third-order valence-corrected chi connectivity index (χ3v) is 4.79. The molecule has 0 saturated heterocycles. The molecule has 0 aliphatic rings. The van der Waals surface area contributed by atoms with E-state index in [2.05, 4.69) is 29.2 Å². The van der Waals surface area contributed by atoms with Gasteiger partial charge >= 0.3 is 0 Å². The van der Waals surface area contributed by atoms with Crippen molar-refractivity contribution in [3.8, 4) is 16.9 Å². The van der Waals surface area contributed by atoms with Gasteiger partial charge in [-0.3, -0.25) is 4.98 Å². The SMILES string of the molecule is COC(/C(=C\c1cccnc1)Oc1ccc(-c2ccccc2)cc1)c1ccccc1. The number of hydrogen-bond acceptors (Lipinski definition) is 3. The highest BCUT2D eigenvalue weighted by molar-refractivity contribution is 5.64. The van der Waals surface area contributed by atoms with Crippen LogP contribution in [-0.2, 0) is 4.74 Å². The van der Waals surface area contributed by atoms with Crippen LogP contribution in [0.3, 0.4) is 0 Å². The molecule has 0 spiro atoms. The molecule has 1 atom stereocenters. The van der Waals surface area contributed by atoms with Crippen molar-refractivity contribution in [3.63, 3.8) is 0 Å². The van der Waals surface area contributed by atoms with Crippen LogP contribution in [-0.4, -0.2) is 12.1 Å². The van der Waals surface area contributed by atoms with E-state index in [0.717, 1.165) is 22.4 Å². The smallest absolute Gasteiger partial charge is 0.140 e. The molecule has 148 valence electrons. The molecule has 0 fully saturated rings. The summed E-state index contributed by atoms with van der Waals surface area (Å²) in [5.74, 6) is 1.45. The Morgan fingerprint density at radius 1 is 0.767 bits per heavy atom. The monoisotopic (exact) mass is 393 g/mol. The predicted octanol–water partition coefficient (Wildman–Crippen LogP) is 6.56. The summed E-state index contributed by atoms with van der Waals surface area (Å²) in [5, 5.41) is 0. The molecule has 0 saturated carbocycles. The van der Waals surface area contributed by atoms with Crippen molar-refractivity contribution in [2.75, 3.05) is 7.11 Å². The Morgan fingerprint density at radius 3 is 2.07 bits per heavy atom. The molecule has 0 bridgehead atoms. The number of nitrogens with zero attached hydrogens (tertiary/aromatic N) is 1. The zero-order valence-electron chi connectivity index (χ0n) is 16.8. The molecule has 3 nitrogen and oxygen atoms in total. The lowest BCUT2D eigenvalue weighted by atomic mass is 10.1. The van der Waals surface area contributed by atoms with Gasteiger partial charge in [-0.1, -0.05) is 78.9 Å². The number of rotatable bonds is 7. The molecule has 4 aromatic rings. The minimum absolute atomic E-state index is 0.333. The van der Waals surface area contributed by atoms with E-state index in [4.69, 9.17) is 9.47 Å². The standard InChI is InChI=1S/C27H23NO2/c1-29-27(24-12-6-3-7-13-24)26(19-21-9-8-18-28-20-21)30-25-16-14-23(15-17-25)22-10-4-2-5-11-22/h2-20,27H,1H3/b26-19+. The minimum Gasteiger partial charge on any atom is -0.459 e. The van der Waals surface area contributed by atoms with E-state index in [-0.39, 0.29) is 6.10 Å². The highest BCUT2D eigenvalue weighted by Gasteiger charge is 2.19. The van der Waals surface area contributed by atoms with E-state index >= 15 is 0 Å². The molecule has 30 heavy (non-hydrogen) atoms. The van der Waals surface area contributed by atoms with Crippen LogP contribution in [0.15, 0.2) is 115 Å². The Hall–Kier alpha value is -3.69. The second kappa shape index (κ2) is 9.68. The number of methoxy groups -OCH3 is 1. The van der Waals surface area contributed by atoms with Crippen LogP contribution in [0.1, 0.15) is 17.2 Å². The summed E-state index contributed by atoms with van der Waals surface area (Å²) in [6.45, 7) is 0. The third-order valence-electron chi connectivity index (χ3n) is 4.79. The molecule has 3 heteroatoms. The van der Waals surface area contributed by atoms with Gasteiger partial charge in [0.2, 0.25) is 0 Å². The van der Waals surface area contributed by atoms with Gasteiger partial charge in [0.25, 0.3) is 0 Å². The van der Waals surface area contributed by atoms with E-state index in [9.17, 15) is 0 Å². The predicted molar refractivity (Wildman–Crippen MR) is 121 cm³/mol. The molecule has 0 aliphatic carbocycles. The number of ether oxygens (including phenoxy) is 2. The van der Waals surface area contributed by atoms with Gasteiger partial charge in [0.1, 0.15) is 17.6 Å². The van der Waals surface area contributed by atoms with Gasteiger partial charge in [-0.2, -0.15) is 0 Å². The molecule has 3 aromatic carbocycles. The number of hydrogen-bond donors (Lipinski definition) is 0. The number of benzene rings is 3. The summed E-state index contributed by atoms with van der Waals surface area (Å²) in [6, 6.07) is 32.3. The molecule has 0 aliphatic heterocycles. The van der Waals surface area contributed by atoms with Crippen molar-refractivity contribution in [3.05, 3.63) is 126 Å². The Bertz CT molecular complexity index is 1080. The summed E-state index contributed by atoms with van der Waals surface area (Å²) in [5.41, 5.74) is 4.30. The first-order chi connectivity index (χ1) is 14.8. The maximum atomic E-state index is 6.33. The Morgan fingerprint density at radius 2 is 1.43 bits per heavy atom. The van der Waals surface area contributed by atoms with Crippen LogP contribution in [0.4, 0.5) is 0 Å². The van der Waals surface area contributed by atoms with Gasteiger partial charge in [-0.15, -0.1) is 0 Å². The first-order valence-electron chi connectivity index (χ1n) is 9.86. The fraction of sp³-hybridized carbons (Fsp3) is 0.0741. The lowest BCUT2D eigenvalue weighted by molar-refractivity contribution is 0.101. The van der Waals surface area contributed by atoms with Gasteiger partial charge in [0.15, 0.2) is 0 Å². The zero-order chi connectivity index (χ0) is 20.6. The van der Waals surface area contributed by atoms with E-state index in [1.807, 2.05) is 78.9 Å². The average molecular weight is 393 g/mol. The lowest BCUT2D eigenvalue weighted by Crippen LogP contribution is -2.10. The van der Waals surface area contributed by atoms with Crippen molar-refractivity contribution in [2.24, 2.45) is 0 Å². The Balaban J connectivity index is 1.65. The van der Waals surface area contributed by atoms with Gasteiger partial charge in [0.05, 0.1) is 0 Å². The number of aromatic nitrogens is 1. The summed E-state index contributed by atoms with van der Waals surface area (Å²) < 4.78 is 12.1. The topological polar surface area (TPSA) is 31.4 Å². The summed E-state index contributed by atoms with van der Waals surface area (Å²) >= 11 is 0. The van der Waals surface area contributed by atoms with Gasteiger partial charge in [0, 0.05) is 19.5 Å². The van der Waals surface area contributed by atoms with Crippen LogP contribution < -0.4 is 4.74 Å². The van der Waals surface area contributed by atoms with Gasteiger partial charge in [-0.25, -0.2) is 0 Å². The molecular weight excluding hydrogens is 370 g/mol. The Labute approximate surface area is 177 Å². The van der Waals surface area contributed by atoms with Gasteiger partial charge in [-0.05, 0) is 46.5 Å². The van der Waals surface area contributed by atoms with Crippen molar-refractivity contribution in [2.45, 2.75) is 6.10 Å². The van der Waals surface area contributed by atoms with Crippen molar-refractivity contribution < 1.29 is 9.47 Å². The highest BCUT2D eigenvalue weighted by atomic mass is 16.5. The molecule has 1 heterocycles. The third kappa shape index (κ3) is 4.83. The quantitative estimate of drug-likeness (QED) is 0.333. The van der Waals surface area contributed by atoms with E-state index in [1.54, 1.807) is 19.5 Å². The van der Waals surface area contributed by atoms with Crippen LogP contribution in [0.2, 0.25) is 0 Å². The second-order valence-corrected chi connectivity index (χ2v) is 6.85. The van der Waals surface area contributed by atoms with Crippen molar-refractivity contribution in [1.82, 2.24) is 4.98 Å². The van der Waals surface area contributed by atoms with Crippen LogP contribution in [0, 0.1) is 0 Å². The first kappa shape index (κ1) is 19.6. The summed E-state index contributed by atoms with van der Waals surface area (Å²) in [6.07, 6.45) is 5.20. The summed E-state index contributed by atoms with van der Waals surface area (Å²) in [7, 11) is 1.69. The van der Waals surface area contributed by atoms with E-state index in [1.165, 1.54) is 5.56 Å². The maximum absolute atomic E-state index is 6.33. The second-order valence-electron chi connectivity index (χ2n) is 6.85. The normalized spacial score (nSPS) is 12.4. The maximum Gasteiger partial charge on any atom is 0.140 e. The van der Waals surface area contributed by atoms with Crippen molar-refractivity contribution in [1.29, 1.82) is 0 Å². The van der Waals surface area contributed by atoms with Crippen molar-refractivity contribution >= 4 is 6.08 Å². The van der Waals surface area contributed by atoms with Crippen LogP contribution in [0.5, 0.6) is 5.75 Å². The minimum atomic E-state index is -0.333. The molecule has 4 rings (SSSR count). The molecule has 1 aromatic heterocycles. The molecule has 0 N–H and O–H groups in total. The fourth-order valence-electron chi connectivity index (χ4n) is 3.31. The molecular formula is C27H23NO2. The van der Waals surface area contributed by atoms with Crippen LogP contribution in [0.25, 0.3) is 17.2 Å². The largest absolute Gasteiger partial charge is 0.459 e. The first-order valence-corrected chi connectivity index (χ1v) is 9.86. The zero-order valence-corrected chi connectivity index (χ0v) is 16.8. The fourth-order valence-corrected chi connectivity index (χ4v) is 3.31. The molecule has 1 unspecified atom stereocenters. The highest BCUT2D eigenvalue weighted by Crippen LogP contribution is 2.30. The van der Waals surface area contributed by atoms with Gasteiger partial charge < -0.3 is 9.47 Å². The summed E-state index contributed by atoms with van der Waals surface area (Å²) in [4.78, 5) is 4.21. The molecule has 0 amide bonds. The van der Waals surface area contributed by atoms with Crippen LogP contribution >= 0.6 is 0 Å². The Kier molecular flexibility index (Phi) is 6.33. The lowest BCUT2D eigenvalue weighted by Gasteiger charge is -2.20. The number of pyridine rings is 1. The van der Waals surface area contributed by atoms with E-state index in [0.29, 0.717) is 5.76 Å². The van der Waals surface area contributed by atoms with E-state index < -0.39 is 0 Å². The molecule has 0 radical (unpaired) electrons. The average Bonchev–Trinajstić information content (AvgIpc) is 2.82.